The second kappa shape index (κ2) is 10.7. The highest BCUT2D eigenvalue weighted by atomic mass is 31.1. The van der Waals surface area contributed by atoms with Crippen molar-refractivity contribution in [1.82, 2.24) is 0 Å². The fourth-order valence-corrected chi connectivity index (χ4v) is 9.60. The zero-order valence-electron chi connectivity index (χ0n) is 24.7. The number of benzene rings is 8. The summed E-state index contributed by atoms with van der Waals surface area (Å²) in [6, 6.07) is 64.9. The van der Waals surface area contributed by atoms with Gasteiger partial charge in [0, 0.05) is 0 Å². The molecule has 0 heterocycles. The molecule has 1 aliphatic rings. The number of rotatable bonds is 5. The van der Waals surface area contributed by atoms with Gasteiger partial charge in [0.15, 0.2) is 0 Å². The van der Waals surface area contributed by atoms with Crippen LogP contribution in [0, 0.1) is 0 Å². The molecule has 1 heteroatoms. The molecule has 0 spiro atoms. The van der Waals surface area contributed by atoms with Gasteiger partial charge in [-0.3, -0.25) is 0 Å². The van der Waals surface area contributed by atoms with Gasteiger partial charge < -0.3 is 0 Å². The highest BCUT2D eigenvalue weighted by Crippen LogP contribution is 2.57. The summed E-state index contributed by atoms with van der Waals surface area (Å²) < 4.78 is 0. The Morgan fingerprint density at radius 1 is 0.289 bits per heavy atom. The van der Waals surface area contributed by atoms with E-state index in [1.165, 1.54) is 82.0 Å². The van der Waals surface area contributed by atoms with E-state index in [1.807, 2.05) is 0 Å². The van der Waals surface area contributed by atoms with E-state index in [4.69, 9.17) is 0 Å². The largest absolute Gasteiger partial charge is 0.0622 e. The maximum absolute atomic E-state index is 2.37. The van der Waals surface area contributed by atoms with Gasteiger partial charge in [0.25, 0.3) is 0 Å². The second-order valence-corrected chi connectivity index (χ2v) is 13.9. The number of fused-ring (bicyclic) bond motifs is 4. The van der Waals surface area contributed by atoms with Gasteiger partial charge in [-0.05, 0) is 89.9 Å². The average Bonchev–Trinajstić information content (AvgIpc) is 3.44. The van der Waals surface area contributed by atoms with Crippen molar-refractivity contribution in [2.45, 2.75) is 0 Å². The van der Waals surface area contributed by atoms with Crippen LogP contribution in [0.2, 0.25) is 0 Å². The SMILES string of the molecule is c1ccc(-c2c3c(c(-c4ccc(P(c5ccccc5)c5ccccc5)cc4)c4ccccc24)-c2cccc4cccc-3c24)cc1. The summed E-state index contributed by atoms with van der Waals surface area (Å²) in [5.41, 5.74) is 10.5. The smallest absolute Gasteiger partial charge is 0.000742 e. The molecule has 8 aromatic carbocycles. The summed E-state index contributed by atoms with van der Waals surface area (Å²) in [6.45, 7) is 0. The fourth-order valence-electron chi connectivity index (χ4n) is 7.32. The van der Waals surface area contributed by atoms with Gasteiger partial charge in [0.1, 0.15) is 0 Å². The first-order valence-electron chi connectivity index (χ1n) is 15.5. The van der Waals surface area contributed by atoms with E-state index in [0.717, 1.165) is 0 Å². The van der Waals surface area contributed by atoms with Crippen molar-refractivity contribution in [1.29, 1.82) is 0 Å². The van der Waals surface area contributed by atoms with Crippen LogP contribution in [0.1, 0.15) is 0 Å². The molecule has 0 unspecified atom stereocenters. The van der Waals surface area contributed by atoms with Gasteiger partial charge in [-0.2, -0.15) is 0 Å². The molecule has 0 bridgehead atoms. The first kappa shape index (κ1) is 26.1. The average molecular weight is 589 g/mol. The van der Waals surface area contributed by atoms with Crippen LogP contribution in [-0.2, 0) is 0 Å². The summed E-state index contributed by atoms with van der Waals surface area (Å²) in [7, 11) is -0.668. The normalized spacial score (nSPS) is 11.8. The molecule has 0 saturated heterocycles. The molecule has 0 atom stereocenters. The topological polar surface area (TPSA) is 0 Å². The van der Waals surface area contributed by atoms with Gasteiger partial charge in [0.05, 0.1) is 0 Å². The Balaban J connectivity index is 1.32. The molecule has 0 radical (unpaired) electrons. The van der Waals surface area contributed by atoms with Crippen LogP contribution in [0.5, 0.6) is 0 Å². The van der Waals surface area contributed by atoms with Crippen molar-refractivity contribution in [3.8, 4) is 44.5 Å². The predicted octanol–water partition coefficient (Wildman–Crippen LogP) is 10.7. The third kappa shape index (κ3) is 4.18. The summed E-state index contributed by atoms with van der Waals surface area (Å²) in [5, 5.41) is 9.33. The lowest BCUT2D eigenvalue weighted by atomic mass is 9.82. The molecule has 0 fully saturated rings. The van der Waals surface area contributed by atoms with Gasteiger partial charge in [-0.15, -0.1) is 0 Å². The molecule has 0 N–H and O–H groups in total. The highest BCUT2D eigenvalue weighted by Gasteiger charge is 2.30. The molecule has 210 valence electrons. The Labute approximate surface area is 265 Å². The lowest BCUT2D eigenvalue weighted by Crippen LogP contribution is -2.20. The van der Waals surface area contributed by atoms with E-state index in [1.54, 1.807) is 0 Å². The molecule has 8 aromatic rings. The second-order valence-electron chi connectivity index (χ2n) is 11.7. The Morgan fingerprint density at radius 2 is 0.711 bits per heavy atom. The maximum Gasteiger partial charge on any atom is -0.000742 e. The third-order valence-corrected chi connectivity index (χ3v) is 11.6. The van der Waals surface area contributed by atoms with Gasteiger partial charge >= 0.3 is 0 Å². The Hall–Kier alpha value is -5.29. The molecule has 0 amide bonds. The molecule has 0 aliphatic heterocycles. The molecule has 0 nitrogen and oxygen atoms in total. The summed E-state index contributed by atoms with van der Waals surface area (Å²) >= 11 is 0. The quantitative estimate of drug-likeness (QED) is 0.176. The Morgan fingerprint density at radius 3 is 1.22 bits per heavy atom. The van der Waals surface area contributed by atoms with E-state index in [0.29, 0.717) is 0 Å². The Bertz CT molecular complexity index is 2290. The summed E-state index contributed by atoms with van der Waals surface area (Å²) in [5.74, 6) is 0. The first-order chi connectivity index (χ1) is 22.4. The van der Waals surface area contributed by atoms with Crippen molar-refractivity contribution in [3.05, 3.63) is 176 Å². The van der Waals surface area contributed by atoms with Crippen LogP contribution >= 0.6 is 7.92 Å². The number of hydrogen-bond donors (Lipinski definition) is 0. The zero-order valence-corrected chi connectivity index (χ0v) is 25.6. The fraction of sp³-hybridized carbons (Fsp3) is 0. The molecule has 0 saturated carbocycles. The van der Waals surface area contributed by atoms with Crippen molar-refractivity contribution < 1.29 is 0 Å². The minimum absolute atomic E-state index is 0.668. The van der Waals surface area contributed by atoms with E-state index < -0.39 is 7.92 Å². The van der Waals surface area contributed by atoms with E-state index in [-0.39, 0.29) is 0 Å². The van der Waals surface area contributed by atoms with E-state index in [2.05, 4.69) is 176 Å². The monoisotopic (exact) mass is 588 g/mol. The van der Waals surface area contributed by atoms with E-state index in [9.17, 15) is 0 Å². The first-order valence-corrected chi connectivity index (χ1v) is 16.9. The van der Waals surface area contributed by atoms with Crippen molar-refractivity contribution >= 4 is 45.4 Å². The molecule has 1 aliphatic carbocycles. The van der Waals surface area contributed by atoms with Crippen LogP contribution in [0.3, 0.4) is 0 Å². The molecule has 0 aromatic heterocycles. The zero-order chi connectivity index (χ0) is 29.7. The van der Waals surface area contributed by atoms with Gasteiger partial charge in [-0.1, -0.05) is 176 Å². The van der Waals surface area contributed by atoms with Crippen LogP contribution < -0.4 is 15.9 Å². The lowest BCUT2D eigenvalue weighted by Gasteiger charge is -2.22. The van der Waals surface area contributed by atoms with Gasteiger partial charge in [0.2, 0.25) is 0 Å². The van der Waals surface area contributed by atoms with Crippen LogP contribution in [-0.4, -0.2) is 0 Å². The predicted molar refractivity (Wildman–Crippen MR) is 195 cm³/mol. The van der Waals surface area contributed by atoms with Crippen LogP contribution in [0.25, 0.3) is 66.1 Å². The minimum atomic E-state index is -0.668. The standard InChI is InChI=1S/C44H29P/c1-4-14-31(15-5-1)41-36-22-10-11-23-37(36)42(44-39-25-13-17-30-16-12-24-38(40(30)39)43(41)44)32-26-28-35(29-27-32)45(33-18-6-2-7-19-33)34-20-8-3-9-21-34/h1-29H. The molecule has 45 heavy (non-hydrogen) atoms. The van der Waals surface area contributed by atoms with Crippen molar-refractivity contribution in [2.75, 3.05) is 0 Å². The highest BCUT2D eigenvalue weighted by molar-refractivity contribution is 7.79. The molecular formula is C44H29P. The lowest BCUT2D eigenvalue weighted by molar-refractivity contribution is 1.63. The van der Waals surface area contributed by atoms with Gasteiger partial charge in [-0.25, -0.2) is 0 Å². The summed E-state index contributed by atoms with van der Waals surface area (Å²) in [6.07, 6.45) is 0. The van der Waals surface area contributed by atoms with Crippen LogP contribution in [0.4, 0.5) is 0 Å². The van der Waals surface area contributed by atoms with E-state index >= 15 is 0 Å². The molecule has 9 rings (SSSR count). The Kier molecular flexibility index (Phi) is 6.22. The number of hydrogen-bond acceptors (Lipinski definition) is 0. The van der Waals surface area contributed by atoms with Crippen molar-refractivity contribution in [3.63, 3.8) is 0 Å². The molecular weight excluding hydrogens is 559 g/mol. The third-order valence-electron chi connectivity index (χ3n) is 9.16. The van der Waals surface area contributed by atoms with Crippen LogP contribution in [0.15, 0.2) is 176 Å². The maximum atomic E-state index is 2.37. The van der Waals surface area contributed by atoms with Crippen molar-refractivity contribution in [2.24, 2.45) is 0 Å². The summed E-state index contributed by atoms with van der Waals surface area (Å²) in [4.78, 5) is 0. The minimum Gasteiger partial charge on any atom is -0.0622 e.